The molecular formula is C24H34N4O4. The van der Waals surface area contributed by atoms with Crippen molar-refractivity contribution < 1.29 is 19.1 Å². The summed E-state index contributed by atoms with van der Waals surface area (Å²) < 4.78 is 13.0. The van der Waals surface area contributed by atoms with Crippen LogP contribution < -0.4 is 0 Å². The van der Waals surface area contributed by atoms with Crippen LogP contribution in [0.2, 0.25) is 0 Å². The number of rotatable bonds is 10. The van der Waals surface area contributed by atoms with Gasteiger partial charge in [0, 0.05) is 44.8 Å². The van der Waals surface area contributed by atoms with Gasteiger partial charge in [-0.25, -0.2) is 0 Å². The van der Waals surface area contributed by atoms with Gasteiger partial charge in [-0.1, -0.05) is 26.0 Å². The predicted molar refractivity (Wildman–Crippen MR) is 121 cm³/mol. The number of methoxy groups -OCH3 is 1. The number of carbonyl (C=O) groups excluding carboxylic acids is 2. The van der Waals surface area contributed by atoms with Crippen LogP contribution in [0.1, 0.15) is 50.3 Å². The number of aromatic nitrogens is 2. The summed E-state index contributed by atoms with van der Waals surface area (Å²) in [7, 11) is 1.71. The summed E-state index contributed by atoms with van der Waals surface area (Å²) in [6.45, 7) is 7.63. The number of aryl methyl sites for hydroxylation is 1. The third-order valence-corrected chi connectivity index (χ3v) is 6.26. The van der Waals surface area contributed by atoms with Crippen molar-refractivity contribution in [2.75, 3.05) is 33.4 Å². The third kappa shape index (κ3) is 4.96. The Bertz CT molecular complexity index is 953. The van der Waals surface area contributed by atoms with Crippen LogP contribution in [0.15, 0.2) is 18.2 Å². The first kappa shape index (κ1) is 22.7. The van der Waals surface area contributed by atoms with Crippen LogP contribution in [0.25, 0.3) is 10.9 Å². The van der Waals surface area contributed by atoms with Crippen molar-refractivity contribution in [1.29, 1.82) is 0 Å². The summed E-state index contributed by atoms with van der Waals surface area (Å²) in [6, 6.07) is 6.67. The Kier molecular flexibility index (Phi) is 7.10. The minimum Gasteiger partial charge on any atom is -0.385 e. The molecule has 8 heteroatoms. The lowest BCUT2D eigenvalue weighted by molar-refractivity contribution is -0.152. The van der Waals surface area contributed by atoms with Crippen LogP contribution in [-0.2, 0) is 32.2 Å². The van der Waals surface area contributed by atoms with E-state index >= 15 is 0 Å². The average molecular weight is 443 g/mol. The van der Waals surface area contributed by atoms with Crippen molar-refractivity contribution in [1.82, 2.24) is 19.6 Å². The lowest BCUT2D eigenvalue weighted by Gasteiger charge is -2.33. The third-order valence-electron chi connectivity index (χ3n) is 6.26. The first-order valence-electron chi connectivity index (χ1n) is 11.6. The van der Waals surface area contributed by atoms with E-state index < -0.39 is 6.10 Å². The molecule has 32 heavy (non-hydrogen) atoms. The second-order valence-electron chi connectivity index (χ2n) is 9.12. The number of nitrogens with zero attached hydrogens (tertiary/aromatic N) is 4. The quantitative estimate of drug-likeness (QED) is 0.418. The summed E-state index contributed by atoms with van der Waals surface area (Å²) in [6.07, 6.45) is 3.16. The summed E-state index contributed by atoms with van der Waals surface area (Å²) in [4.78, 5) is 28.0. The van der Waals surface area contributed by atoms with Crippen molar-refractivity contribution in [2.45, 2.75) is 64.3 Å². The van der Waals surface area contributed by atoms with Gasteiger partial charge >= 0.3 is 0 Å². The Morgan fingerprint density at radius 1 is 1.38 bits per heavy atom. The Hall–Kier alpha value is -2.45. The van der Waals surface area contributed by atoms with Gasteiger partial charge in [-0.2, -0.15) is 5.10 Å². The second-order valence-corrected chi connectivity index (χ2v) is 9.12. The lowest BCUT2D eigenvalue weighted by atomic mass is 10.0. The average Bonchev–Trinajstić information content (AvgIpc) is 3.58. The van der Waals surface area contributed by atoms with E-state index in [-0.39, 0.29) is 11.9 Å². The zero-order chi connectivity index (χ0) is 22.7. The molecule has 2 heterocycles. The van der Waals surface area contributed by atoms with Crippen LogP contribution in [-0.4, -0.2) is 77.5 Å². The fourth-order valence-electron chi connectivity index (χ4n) is 4.37. The van der Waals surface area contributed by atoms with E-state index in [0.717, 1.165) is 49.0 Å². The maximum absolute atomic E-state index is 13.3. The van der Waals surface area contributed by atoms with Gasteiger partial charge in [0.2, 0.25) is 6.41 Å². The SMILES string of the molecule is COCCCn1nc(C(C)C)c2ccc(CN(C(=O)[C@H]3CN(C=O)CCO3)C3CC3)cc21. The first-order valence-corrected chi connectivity index (χ1v) is 11.6. The smallest absolute Gasteiger partial charge is 0.254 e. The highest BCUT2D eigenvalue weighted by Crippen LogP contribution is 2.31. The molecule has 1 aromatic heterocycles. The molecule has 0 unspecified atom stereocenters. The molecule has 0 spiro atoms. The van der Waals surface area contributed by atoms with Gasteiger partial charge in [-0.3, -0.25) is 14.3 Å². The highest BCUT2D eigenvalue weighted by atomic mass is 16.5. The van der Waals surface area contributed by atoms with Gasteiger partial charge in [-0.15, -0.1) is 0 Å². The van der Waals surface area contributed by atoms with Gasteiger partial charge in [0.15, 0.2) is 6.10 Å². The molecule has 4 rings (SSSR count). The van der Waals surface area contributed by atoms with Gasteiger partial charge in [-0.05, 0) is 36.8 Å². The summed E-state index contributed by atoms with van der Waals surface area (Å²) in [5.74, 6) is 0.316. The van der Waals surface area contributed by atoms with E-state index in [2.05, 4.69) is 36.7 Å². The Balaban J connectivity index is 1.56. The number of hydrogen-bond acceptors (Lipinski definition) is 5. The van der Waals surface area contributed by atoms with Crippen LogP contribution in [0.3, 0.4) is 0 Å². The fraction of sp³-hybridized carbons (Fsp3) is 0.625. The highest BCUT2D eigenvalue weighted by Gasteiger charge is 2.38. The molecule has 1 aromatic carbocycles. The Morgan fingerprint density at radius 2 is 2.19 bits per heavy atom. The van der Waals surface area contributed by atoms with E-state index in [9.17, 15) is 9.59 Å². The number of hydrogen-bond donors (Lipinski definition) is 0. The topological polar surface area (TPSA) is 76.9 Å². The van der Waals surface area contributed by atoms with Gasteiger partial charge in [0.1, 0.15) is 0 Å². The Morgan fingerprint density at radius 3 is 2.88 bits per heavy atom. The summed E-state index contributed by atoms with van der Waals surface area (Å²) in [5, 5.41) is 6.05. The number of carbonyl (C=O) groups is 2. The van der Waals surface area contributed by atoms with E-state index in [1.807, 2.05) is 4.90 Å². The molecule has 2 amide bonds. The largest absolute Gasteiger partial charge is 0.385 e. The molecule has 0 N–H and O–H groups in total. The number of amides is 2. The van der Waals surface area contributed by atoms with Crippen molar-refractivity contribution in [2.24, 2.45) is 0 Å². The van der Waals surface area contributed by atoms with Crippen molar-refractivity contribution >= 4 is 23.2 Å². The molecule has 1 saturated heterocycles. The molecular weight excluding hydrogens is 408 g/mol. The van der Waals surface area contributed by atoms with Gasteiger partial charge < -0.3 is 19.3 Å². The molecule has 8 nitrogen and oxygen atoms in total. The maximum Gasteiger partial charge on any atom is 0.254 e. The van der Waals surface area contributed by atoms with E-state index in [1.54, 1.807) is 12.0 Å². The van der Waals surface area contributed by atoms with Crippen molar-refractivity contribution in [3.8, 4) is 0 Å². The van der Waals surface area contributed by atoms with Crippen LogP contribution in [0, 0.1) is 0 Å². The standard InChI is InChI=1S/C24H34N4O4/c1-17(2)23-20-8-5-18(13-21(20)28(25-23)9-4-11-31-3)14-27(19-6-7-19)24(30)22-15-26(16-29)10-12-32-22/h5,8,13,16-17,19,22H,4,6-7,9-12,14-15H2,1-3H3/t22-/m1/s1. The monoisotopic (exact) mass is 442 g/mol. The van der Waals surface area contributed by atoms with E-state index in [1.165, 1.54) is 5.39 Å². The minimum atomic E-state index is -0.578. The number of ether oxygens (including phenoxy) is 2. The Labute approximate surface area is 189 Å². The number of fused-ring (bicyclic) bond motifs is 1. The zero-order valence-electron chi connectivity index (χ0n) is 19.3. The van der Waals surface area contributed by atoms with Gasteiger partial charge in [0.25, 0.3) is 5.91 Å². The highest BCUT2D eigenvalue weighted by molar-refractivity contribution is 5.84. The molecule has 2 fully saturated rings. The van der Waals surface area contributed by atoms with Crippen molar-refractivity contribution in [3.63, 3.8) is 0 Å². The number of morpholine rings is 1. The van der Waals surface area contributed by atoms with Crippen molar-refractivity contribution in [3.05, 3.63) is 29.5 Å². The molecule has 2 aliphatic rings. The molecule has 1 atom stereocenters. The molecule has 1 aliphatic carbocycles. The zero-order valence-corrected chi connectivity index (χ0v) is 19.3. The normalized spacial score (nSPS) is 19.0. The van der Waals surface area contributed by atoms with E-state index in [0.29, 0.717) is 38.8 Å². The minimum absolute atomic E-state index is 0.0179. The molecule has 0 bridgehead atoms. The van der Waals surface area contributed by atoms with E-state index in [4.69, 9.17) is 14.6 Å². The molecule has 1 saturated carbocycles. The number of benzene rings is 1. The molecule has 1 aliphatic heterocycles. The fourth-order valence-corrected chi connectivity index (χ4v) is 4.37. The predicted octanol–water partition coefficient (Wildman–Crippen LogP) is 2.54. The summed E-state index contributed by atoms with van der Waals surface area (Å²) >= 11 is 0. The maximum atomic E-state index is 13.3. The van der Waals surface area contributed by atoms with Crippen LogP contribution in [0.5, 0.6) is 0 Å². The second kappa shape index (κ2) is 10.0. The molecule has 174 valence electrons. The first-order chi connectivity index (χ1) is 15.5. The summed E-state index contributed by atoms with van der Waals surface area (Å²) in [5.41, 5.74) is 3.29. The van der Waals surface area contributed by atoms with Crippen LogP contribution in [0.4, 0.5) is 0 Å². The van der Waals surface area contributed by atoms with Gasteiger partial charge in [0.05, 0.1) is 24.4 Å². The van der Waals surface area contributed by atoms with Crippen LogP contribution >= 0.6 is 0 Å². The lowest BCUT2D eigenvalue weighted by Crippen LogP contribution is -2.51. The molecule has 2 aromatic rings. The molecule has 0 radical (unpaired) electrons.